The second-order valence-corrected chi connectivity index (χ2v) is 5.80. The van der Waals surface area contributed by atoms with Crippen molar-refractivity contribution in [3.63, 3.8) is 0 Å². The van der Waals surface area contributed by atoms with E-state index in [1.807, 2.05) is 66.7 Å². The maximum absolute atomic E-state index is 12.5. The predicted molar refractivity (Wildman–Crippen MR) is 95.9 cm³/mol. The Morgan fingerprint density at radius 2 is 1.17 bits per heavy atom. The Bertz CT molecular complexity index is 767. The van der Waals surface area contributed by atoms with Gasteiger partial charge in [-0.2, -0.15) is 0 Å². The highest BCUT2D eigenvalue weighted by Crippen LogP contribution is 2.34. The quantitative estimate of drug-likeness (QED) is 0.590. The number of benzene rings is 3. The largest absolute Gasteiger partial charge is 0.453 e. The number of esters is 1. The van der Waals surface area contributed by atoms with E-state index in [1.165, 1.54) is 0 Å². The molecule has 2 atom stereocenters. The third-order valence-corrected chi connectivity index (χ3v) is 4.15. The van der Waals surface area contributed by atoms with Crippen LogP contribution in [0.1, 0.15) is 40.4 Å². The zero-order chi connectivity index (χ0) is 16.8. The van der Waals surface area contributed by atoms with Gasteiger partial charge in [0, 0.05) is 5.92 Å². The minimum atomic E-state index is -0.332. The van der Waals surface area contributed by atoms with E-state index in [9.17, 15) is 4.79 Å². The number of hydrogen-bond donors (Lipinski definition) is 0. The van der Waals surface area contributed by atoms with Crippen molar-refractivity contribution >= 4 is 5.97 Å². The Hall–Kier alpha value is -2.87. The molecule has 0 bridgehead atoms. The topological polar surface area (TPSA) is 26.3 Å². The normalized spacial score (nSPS) is 13.0. The van der Waals surface area contributed by atoms with Crippen molar-refractivity contribution in [2.45, 2.75) is 18.9 Å². The van der Waals surface area contributed by atoms with Crippen LogP contribution in [0.3, 0.4) is 0 Å². The maximum atomic E-state index is 12.5. The third-order valence-electron chi connectivity index (χ3n) is 4.15. The first kappa shape index (κ1) is 16.0. The second-order valence-electron chi connectivity index (χ2n) is 5.80. The zero-order valence-electron chi connectivity index (χ0n) is 13.6. The summed E-state index contributed by atoms with van der Waals surface area (Å²) in [6.45, 7) is 2.09. The molecule has 0 N–H and O–H groups in total. The summed E-state index contributed by atoms with van der Waals surface area (Å²) in [5.74, 6) is -0.242. The summed E-state index contributed by atoms with van der Waals surface area (Å²) in [6, 6.07) is 29.2. The Labute approximate surface area is 142 Å². The van der Waals surface area contributed by atoms with Crippen LogP contribution in [0.25, 0.3) is 0 Å². The van der Waals surface area contributed by atoms with Crippen LogP contribution in [0.5, 0.6) is 0 Å². The summed E-state index contributed by atoms with van der Waals surface area (Å²) in [5, 5.41) is 0. The van der Waals surface area contributed by atoms with Crippen LogP contribution >= 0.6 is 0 Å². The standard InChI is InChI=1S/C22H20O2/c1-17(18-11-5-2-6-12-18)21(19-13-7-3-8-14-19)24-22(23)20-15-9-4-10-16-20/h2-17,21H,1H3/t17-,21?/m1/s1. The molecule has 3 aromatic carbocycles. The Morgan fingerprint density at radius 3 is 1.71 bits per heavy atom. The van der Waals surface area contributed by atoms with Crippen LogP contribution in [0.2, 0.25) is 0 Å². The first-order valence-corrected chi connectivity index (χ1v) is 8.11. The summed E-state index contributed by atoms with van der Waals surface area (Å²) in [7, 11) is 0. The van der Waals surface area contributed by atoms with Gasteiger partial charge in [0.15, 0.2) is 0 Å². The Morgan fingerprint density at radius 1 is 0.708 bits per heavy atom. The van der Waals surface area contributed by atoms with Crippen LogP contribution < -0.4 is 0 Å². The van der Waals surface area contributed by atoms with Crippen molar-refractivity contribution in [3.05, 3.63) is 108 Å². The van der Waals surface area contributed by atoms with E-state index in [-0.39, 0.29) is 18.0 Å². The van der Waals surface area contributed by atoms with Gasteiger partial charge in [0.1, 0.15) is 6.10 Å². The highest BCUT2D eigenvalue weighted by molar-refractivity contribution is 5.89. The highest BCUT2D eigenvalue weighted by atomic mass is 16.5. The number of carbonyl (C=O) groups is 1. The molecule has 2 heteroatoms. The predicted octanol–water partition coefficient (Wildman–Crippen LogP) is 5.39. The lowest BCUT2D eigenvalue weighted by Gasteiger charge is -2.25. The van der Waals surface area contributed by atoms with Crippen LogP contribution in [-0.4, -0.2) is 5.97 Å². The van der Waals surface area contributed by atoms with Crippen LogP contribution in [0.4, 0.5) is 0 Å². The molecule has 0 aliphatic heterocycles. The van der Waals surface area contributed by atoms with Crippen molar-refractivity contribution < 1.29 is 9.53 Å². The molecule has 0 aromatic heterocycles. The fraction of sp³-hybridized carbons (Fsp3) is 0.136. The molecule has 0 amide bonds. The minimum Gasteiger partial charge on any atom is -0.453 e. The lowest BCUT2D eigenvalue weighted by Crippen LogP contribution is -2.17. The lowest BCUT2D eigenvalue weighted by atomic mass is 9.90. The monoisotopic (exact) mass is 316 g/mol. The molecule has 0 radical (unpaired) electrons. The van der Waals surface area contributed by atoms with E-state index in [0.29, 0.717) is 5.56 Å². The molecule has 0 saturated heterocycles. The van der Waals surface area contributed by atoms with Gasteiger partial charge in [-0.25, -0.2) is 4.79 Å². The van der Waals surface area contributed by atoms with E-state index in [2.05, 4.69) is 19.1 Å². The number of hydrogen-bond acceptors (Lipinski definition) is 2. The fourth-order valence-corrected chi connectivity index (χ4v) is 2.79. The van der Waals surface area contributed by atoms with Gasteiger partial charge in [-0.1, -0.05) is 85.8 Å². The average molecular weight is 316 g/mol. The molecular weight excluding hydrogens is 296 g/mol. The SMILES string of the molecule is C[C@H](c1ccccc1)C(OC(=O)c1ccccc1)c1ccccc1. The Balaban J connectivity index is 1.90. The van der Waals surface area contributed by atoms with E-state index in [0.717, 1.165) is 11.1 Å². The van der Waals surface area contributed by atoms with Gasteiger partial charge in [-0.05, 0) is 23.3 Å². The third kappa shape index (κ3) is 3.72. The van der Waals surface area contributed by atoms with E-state index >= 15 is 0 Å². The smallest absolute Gasteiger partial charge is 0.338 e. The molecule has 2 nitrogen and oxygen atoms in total. The second kappa shape index (κ2) is 7.60. The summed E-state index contributed by atoms with van der Waals surface area (Å²) >= 11 is 0. The molecule has 3 rings (SSSR count). The summed E-state index contributed by atoms with van der Waals surface area (Å²) in [5.41, 5.74) is 2.71. The van der Waals surface area contributed by atoms with Gasteiger partial charge in [0.25, 0.3) is 0 Å². The summed E-state index contributed by atoms with van der Waals surface area (Å²) in [4.78, 5) is 12.5. The van der Waals surface area contributed by atoms with Crippen molar-refractivity contribution in [1.29, 1.82) is 0 Å². The van der Waals surface area contributed by atoms with Gasteiger partial charge in [0.05, 0.1) is 5.56 Å². The average Bonchev–Trinajstić information content (AvgIpc) is 2.67. The number of carbonyl (C=O) groups excluding carboxylic acids is 1. The molecule has 3 aromatic rings. The molecule has 0 heterocycles. The number of rotatable bonds is 5. The molecule has 0 spiro atoms. The van der Waals surface area contributed by atoms with Gasteiger partial charge < -0.3 is 4.74 Å². The Kier molecular flexibility index (Phi) is 5.07. The summed E-state index contributed by atoms with van der Waals surface area (Å²) < 4.78 is 5.90. The zero-order valence-corrected chi connectivity index (χ0v) is 13.6. The number of ether oxygens (including phenoxy) is 1. The van der Waals surface area contributed by atoms with Crippen LogP contribution in [0.15, 0.2) is 91.0 Å². The first-order chi connectivity index (χ1) is 11.8. The lowest BCUT2D eigenvalue weighted by molar-refractivity contribution is 0.0240. The molecule has 0 aliphatic rings. The van der Waals surface area contributed by atoms with Crippen LogP contribution in [0, 0.1) is 0 Å². The van der Waals surface area contributed by atoms with Crippen molar-refractivity contribution in [2.24, 2.45) is 0 Å². The highest BCUT2D eigenvalue weighted by Gasteiger charge is 2.25. The van der Waals surface area contributed by atoms with Crippen LogP contribution in [-0.2, 0) is 4.74 Å². The molecule has 0 aliphatic carbocycles. The minimum absolute atomic E-state index is 0.0567. The molecule has 0 saturated carbocycles. The van der Waals surface area contributed by atoms with Gasteiger partial charge in [-0.15, -0.1) is 0 Å². The van der Waals surface area contributed by atoms with Gasteiger partial charge in [-0.3, -0.25) is 0 Å². The molecule has 120 valence electrons. The molecular formula is C22H20O2. The summed E-state index contributed by atoms with van der Waals surface area (Å²) in [6.07, 6.45) is -0.332. The van der Waals surface area contributed by atoms with Crippen molar-refractivity contribution in [2.75, 3.05) is 0 Å². The van der Waals surface area contributed by atoms with E-state index in [4.69, 9.17) is 4.74 Å². The van der Waals surface area contributed by atoms with Crippen molar-refractivity contribution in [3.8, 4) is 0 Å². The van der Waals surface area contributed by atoms with Crippen molar-refractivity contribution in [1.82, 2.24) is 0 Å². The molecule has 1 unspecified atom stereocenters. The van der Waals surface area contributed by atoms with E-state index in [1.54, 1.807) is 12.1 Å². The van der Waals surface area contributed by atoms with E-state index < -0.39 is 0 Å². The maximum Gasteiger partial charge on any atom is 0.338 e. The first-order valence-electron chi connectivity index (χ1n) is 8.11. The van der Waals surface area contributed by atoms with Gasteiger partial charge >= 0.3 is 5.97 Å². The molecule has 0 fully saturated rings. The fourth-order valence-electron chi connectivity index (χ4n) is 2.79. The molecule has 24 heavy (non-hydrogen) atoms. The van der Waals surface area contributed by atoms with Gasteiger partial charge in [0.2, 0.25) is 0 Å².